The van der Waals surface area contributed by atoms with Gasteiger partial charge in [0.2, 0.25) is 0 Å². The molecule has 0 fully saturated rings. The number of rotatable bonds is 4. The van der Waals surface area contributed by atoms with Gasteiger partial charge in [-0.05, 0) is 24.1 Å². The number of hydrazine groups is 1. The quantitative estimate of drug-likeness (QED) is 0.504. The Morgan fingerprint density at radius 1 is 1.35 bits per heavy atom. The molecule has 1 rings (SSSR count). The van der Waals surface area contributed by atoms with Crippen molar-refractivity contribution in [1.82, 2.24) is 5.43 Å². The monoisotopic (exact) mass is 246 g/mol. The topological polar surface area (TPSA) is 62.9 Å². The molecule has 0 aliphatic rings. The number of hydrogen-bond donors (Lipinski definition) is 1. The standard InChI is InChI=1S/C12H11ClN4/c1-2-10-3-5-12(6-4-10)17(13)16-9-11(7-14)8-15/h3-6,9,16H,2H2,1H3. The minimum absolute atomic E-state index is 0.0409. The smallest absolute Gasteiger partial charge is 0.147 e. The fourth-order valence-electron chi connectivity index (χ4n) is 1.15. The van der Waals surface area contributed by atoms with Gasteiger partial charge in [0.25, 0.3) is 0 Å². The maximum absolute atomic E-state index is 8.54. The van der Waals surface area contributed by atoms with E-state index in [4.69, 9.17) is 22.3 Å². The second-order valence-electron chi connectivity index (χ2n) is 3.21. The van der Waals surface area contributed by atoms with Crippen LogP contribution in [0.25, 0.3) is 0 Å². The Bertz CT molecular complexity index is 463. The minimum Gasteiger partial charge on any atom is -0.289 e. The minimum atomic E-state index is -0.0409. The molecule has 1 aromatic carbocycles. The van der Waals surface area contributed by atoms with Gasteiger partial charge < -0.3 is 0 Å². The molecule has 0 amide bonds. The SMILES string of the molecule is CCc1ccc(N(Cl)NC=C(C#N)C#N)cc1. The van der Waals surface area contributed by atoms with Gasteiger partial charge in [-0.3, -0.25) is 5.43 Å². The molecule has 0 unspecified atom stereocenters. The molecule has 1 aromatic rings. The highest BCUT2D eigenvalue weighted by Gasteiger charge is 2.01. The third kappa shape index (κ3) is 3.71. The van der Waals surface area contributed by atoms with Crippen LogP contribution in [-0.4, -0.2) is 0 Å². The van der Waals surface area contributed by atoms with E-state index in [0.29, 0.717) is 0 Å². The van der Waals surface area contributed by atoms with Crippen LogP contribution >= 0.6 is 11.8 Å². The molecule has 0 spiro atoms. The molecular formula is C12H11ClN4. The van der Waals surface area contributed by atoms with Crippen molar-refractivity contribution in [3.8, 4) is 12.1 Å². The summed E-state index contributed by atoms with van der Waals surface area (Å²) >= 11 is 5.92. The molecule has 0 bridgehead atoms. The number of anilines is 1. The van der Waals surface area contributed by atoms with Crippen LogP contribution in [0.1, 0.15) is 12.5 Å². The summed E-state index contributed by atoms with van der Waals surface area (Å²) in [5.74, 6) is 0. The van der Waals surface area contributed by atoms with Crippen molar-refractivity contribution in [3.05, 3.63) is 41.6 Å². The summed E-state index contributed by atoms with van der Waals surface area (Å²) in [5, 5.41) is 17.1. The Hall–Kier alpha value is -2.17. The lowest BCUT2D eigenvalue weighted by atomic mass is 10.2. The molecule has 0 radical (unpaired) electrons. The van der Waals surface area contributed by atoms with Crippen LogP contribution in [0.15, 0.2) is 36.0 Å². The van der Waals surface area contributed by atoms with Crippen molar-refractivity contribution in [1.29, 1.82) is 10.5 Å². The summed E-state index contributed by atoms with van der Waals surface area (Å²) in [6.07, 6.45) is 2.21. The molecule has 0 aliphatic heterocycles. The molecule has 5 heteroatoms. The van der Waals surface area contributed by atoms with Gasteiger partial charge in [0, 0.05) is 18.0 Å². The summed E-state index contributed by atoms with van der Waals surface area (Å²) in [6, 6.07) is 11.1. The second kappa shape index (κ2) is 6.42. The summed E-state index contributed by atoms with van der Waals surface area (Å²) in [5.41, 5.74) is 4.53. The largest absolute Gasteiger partial charge is 0.289 e. The first-order valence-electron chi connectivity index (χ1n) is 5.02. The van der Waals surface area contributed by atoms with Gasteiger partial charge in [-0.15, -0.1) is 0 Å². The highest BCUT2D eigenvalue weighted by atomic mass is 35.5. The number of nitriles is 2. The molecule has 17 heavy (non-hydrogen) atoms. The maximum atomic E-state index is 8.54. The highest BCUT2D eigenvalue weighted by molar-refractivity contribution is 6.25. The number of allylic oxidation sites excluding steroid dienone is 1. The predicted molar refractivity (Wildman–Crippen MR) is 66.6 cm³/mol. The Balaban J connectivity index is 2.71. The van der Waals surface area contributed by atoms with Gasteiger partial charge in [0.1, 0.15) is 17.7 Å². The van der Waals surface area contributed by atoms with Crippen LogP contribution in [0.4, 0.5) is 5.69 Å². The highest BCUT2D eigenvalue weighted by Crippen LogP contribution is 2.15. The van der Waals surface area contributed by atoms with E-state index < -0.39 is 0 Å². The lowest BCUT2D eigenvalue weighted by Gasteiger charge is -2.15. The van der Waals surface area contributed by atoms with E-state index in [9.17, 15) is 0 Å². The van der Waals surface area contributed by atoms with Crippen molar-refractivity contribution >= 4 is 17.5 Å². The Labute approximate surface area is 105 Å². The Kier molecular flexibility index (Phi) is 4.87. The van der Waals surface area contributed by atoms with E-state index >= 15 is 0 Å². The van der Waals surface area contributed by atoms with Crippen LogP contribution in [0.3, 0.4) is 0 Å². The summed E-state index contributed by atoms with van der Waals surface area (Å²) in [7, 11) is 0. The summed E-state index contributed by atoms with van der Waals surface area (Å²) < 4.78 is 1.22. The van der Waals surface area contributed by atoms with Crippen molar-refractivity contribution in [2.24, 2.45) is 0 Å². The average Bonchev–Trinajstić information content (AvgIpc) is 2.39. The Morgan fingerprint density at radius 3 is 2.41 bits per heavy atom. The number of nitrogens with zero attached hydrogens (tertiary/aromatic N) is 3. The van der Waals surface area contributed by atoms with Gasteiger partial charge >= 0.3 is 0 Å². The Morgan fingerprint density at radius 2 is 1.94 bits per heavy atom. The van der Waals surface area contributed by atoms with Crippen LogP contribution in [0.5, 0.6) is 0 Å². The first-order valence-corrected chi connectivity index (χ1v) is 5.36. The first kappa shape index (κ1) is 12.9. The number of hydrogen-bond acceptors (Lipinski definition) is 4. The zero-order valence-corrected chi connectivity index (χ0v) is 10.1. The molecule has 0 aliphatic carbocycles. The number of benzene rings is 1. The number of aryl methyl sites for hydroxylation is 1. The van der Waals surface area contributed by atoms with Crippen LogP contribution in [-0.2, 0) is 6.42 Å². The van der Waals surface area contributed by atoms with Gasteiger partial charge in [0.15, 0.2) is 0 Å². The zero-order valence-electron chi connectivity index (χ0n) is 9.31. The van der Waals surface area contributed by atoms with Gasteiger partial charge in [-0.1, -0.05) is 19.1 Å². The third-order valence-corrected chi connectivity index (χ3v) is 2.43. The van der Waals surface area contributed by atoms with Crippen LogP contribution in [0.2, 0.25) is 0 Å². The second-order valence-corrected chi connectivity index (χ2v) is 3.55. The van der Waals surface area contributed by atoms with Crippen molar-refractivity contribution in [2.75, 3.05) is 4.53 Å². The van der Waals surface area contributed by atoms with Crippen molar-refractivity contribution < 1.29 is 0 Å². The molecule has 4 nitrogen and oxygen atoms in total. The fourth-order valence-corrected chi connectivity index (χ4v) is 1.31. The molecule has 0 aromatic heterocycles. The van der Waals surface area contributed by atoms with E-state index in [1.165, 1.54) is 16.3 Å². The maximum Gasteiger partial charge on any atom is 0.147 e. The summed E-state index contributed by atoms with van der Waals surface area (Å²) in [6.45, 7) is 2.07. The van der Waals surface area contributed by atoms with Crippen LogP contribution in [0, 0.1) is 22.7 Å². The molecule has 0 atom stereocenters. The molecule has 1 N–H and O–H groups in total. The van der Waals surface area contributed by atoms with Crippen LogP contribution < -0.4 is 9.95 Å². The van der Waals surface area contributed by atoms with Gasteiger partial charge in [0.05, 0.1) is 5.69 Å². The molecule has 0 saturated heterocycles. The summed E-state index contributed by atoms with van der Waals surface area (Å²) in [4.78, 5) is 0. The van der Waals surface area contributed by atoms with E-state index in [1.54, 1.807) is 12.1 Å². The number of nitrogens with one attached hydrogen (secondary N) is 1. The van der Waals surface area contributed by atoms with E-state index in [0.717, 1.165) is 12.1 Å². The van der Waals surface area contributed by atoms with E-state index in [1.807, 2.05) is 24.3 Å². The van der Waals surface area contributed by atoms with Crippen molar-refractivity contribution in [2.45, 2.75) is 13.3 Å². The average molecular weight is 247 g/mol. The predicted octanol–water partition coefficient (Wildman–Crippen LogP) is 2.64. The molecule has 86 valence electrons. The first-order chi connectivity index (χ1) is 8.21. The molecular weight excluding hydrogens is 236 g/mol. The third-order valence-electron chi connectivity index (χ3n) is 2.13. The number of halogens is 1. The molecule has 0 heterocycles. The van der Waals surface area contributed by atoms with E-state index in [-0.39, 0.29) is 5.57 Å². The van der Waals surface area contributed by atoms with Gasteiger partial charge in [-0.25, -0.2) is 0 Å². The zero-order chi connectivity index (χ0) is 12.7. The normalized spacial score (nSPS) is 8.71. The lowest BCUT2D eigenvalue weighted by Crippen LogP contribution is -2.24. The molecule has 0 saturated carbocycles. The lowest BCUT2D eigenvalue weighted by molar-refractivity contribution is 0.944. The van der Waals surface area contributed by atoms with E-state index in [2.05, 4.69) is 12.3 Å². The van der Waals surface area contributed by atoms with Crippen molar-refractivity contribution in [3.63, 3.8) is 0 Å². The van der Waals surface area contributed by atoms with Gasteiger partial charge in [-0.2, -0.15) is 15.1 Å². The fraction of sp³-hybridized carbons (Fsp3) is 0.167.